The van der Waals surface area contributed by atoms with Crippen molar-refractivity contribution in [2.75, 3.05) is 24.3 Å². The maximum absolute atomic E-state index is 12.8. The van der Waals surface area contributed by atoms with Gasteiger partial charge in [0, 0.05) is 18.7 Å². The molecule has 0 unspecified atom stereocenters. The van der Waals surface area contributed by atoms with Crippen molar-refractivity contribution >= 4 is 17.4 Å². The van der Waals surface area contributed by atoms with Crippen LogP contribution in [-0.2, 0) is 6.42 Å². The summed E-state index contributed by atoms with van der Waals surface area (Å²) in [5.41, 5.74) is 9.05. The molecule has 1 aliphatic heterocycles. The second kappa shape index (κ2) is 5.87. The van der Waals surface area contributed by atoms with Crippen molar-refractivity contribution in [1.29, 1.82) is 0 Å². The molecule has 0 saturated carbocycles. The molecule has 0 bridgehead atoms. The molecule has 2 heterocycles. The van der Waals surface area contributed by atoms with Gasteiger partial charge in [0.15, 0.2) is 0 Å². The molecule has 0 aliphatic carbocycles. The Kier molecular flexibility index (Phi) is 3.90. The monoisotopic (exact) mass is 312 g/mol. The molecule has 1 aliphatic rings. The Morgan fingerprint density at radius 1 is 1.30 bits per heavy atom. The van der Waals surface area contributed by atoms with Gasteiger partial charge < -0.3 is 15.4 Å². The Hall–Kier alpha value is -2.63. The topological polar surface area (TPSA) is 81.3 Å². The second-order valence-electron chi connectivity index (χ2n) is 5.87. The smallest absolute Gasteiger partial charge is 0.318 e. The second-order valence-corrected chi connectivity index (χ2v) is 5.87. The number of hydrogen-bond acceptors (Lipinski definition) is 5. The Balaban J connectivity index is 2.00. The highest BCUT2D eigenvalue weighted by atomic mass is 16.5. The van der Waals surface area contributed by atoms with Gasteiger partial charge in [-0.05, 0) is 23.6 Å². The minimum absolute atomic E-state index is 0.160. The van der Waals surface area contributed by atoms with Crippen LogP contribution in [-0.4, -0.2) is 29.5 Å². The van der Waals surface area contributed by atoms with Crippen LogP contribution in [0.5, 0.6) is 6.01 Å². The molecule has 0 radical (unpaired) electrons. The van der Waals surface area contributed by atoms with E-state index in [1.165, 1.54) is 12.7 Å². The quantitative estimate of drug-likeness (QED) is 0.941. The van der Waals surface area contributed by atoms with Gasteiger partial charge in [0.25, 0.3) is 5.91 Å². The fourth-order valence-corrected chi connectivity index (χ4v) is 2.76. The molecule has 6 nitrogen and oxygen atoms in total. The normalized spacial score (nSPS) is 14.1. The van der Waals surface area contributed by atoms with Gasteiger partial charge in [-0.3, -0.25) is 4.79 Å². The maximum atomic E-state index is 12.8. The van der Waals surface area contributed by atoms with Crippen LogP contribution in [0.15, 0.2) is 24.3 Å². The van der Waals surface area contributed by atoms with Crippen molar-refractivity contribution in [3.63, 3.8) is 0 Å². The molecular formula is C17H20N4O2. The lowest BCUT2D eigenvalue weighted by Gasteiger charge is -2.29. The van der Waals surface area contributed by atoms with Crippen molar-refractivity contribution in [2.45, 2.75) is 26.2 Å². The van der Waals surface area contributed by atoms with E-state index in [9.17, 15) is 4.79 Å². The molecule has 23 heavy (non-hydrogen) atoms. The van der Waals surface area contributed by atoms with Gasteiger partial charge in [0.2, 0.25) is 0 Å². The zero-order valence-corrected chi connectivity index (χ0v) is 13.5. The van der Waals surface area contributed by atoms with E-state index >= 15 is 0 Å². The average Bonchev–Trinajstić information content (AvgIpc) is 2.54. The molecule has 2 N–H and O–H groups in total. The number of hydrogen-bond donors (Lipinski definition) is 1. The average molecular weight is 312 g/mol. The molecule has 0 atom stereocenters. The van der Waals surface area contributed by atoms with E-state index in [0.29, 0.717) is 30.1 Å². The number of carbonyl (C=O) groups is 1. The summed E-state index contributed by atoms with van der Waals surface area (Å²) in [6.07, 6.45) is 0.621. The number of rotatable bonds is 3. The van der Waals surface area contributed by atoms with Crippen molar-refractivity contribution in [1.82, 2.24) is 9.97 Å². The van der Waals surface area contributed by atoms with Gasteiger partial charge in [-0.2, -0.15) is 9.97 Å². The molecule has 1 aromatic heterocycles. The van der Waals surface area contributed by atoms with Gasteiger partial charge >= 0.3 is 6.01 Å². The van der Waals surface area contributed by atoms with E-state index in [4.69, 9.17) is 10.5 Å². The summed E-state index contributed by atoms with van der Waals surface area (Å²) in [6.45, 7) is 4.82. The molecule has 120 valence electrons. The number of nitrogens with zero attached hydrogens (tertiary/aromatic N) is 3. The lowest BCUT2D eigenvalue weighted by Crippen LogP contribution is -2.39. The third kappa shape index (κ3) is 2.72. The van der Waals surface area contributed by atoms with E-state index in [-0.39, 0.29) is 17.7 Å². The highest BCUT2D eigenvalue weighted by Gasteiger charge is 2.30. The van der Waals surface area contributed by atoms with Crippen molar-refractivity contribution in [2.24, 2.45) is 0 Å². The van der Waals surface area contributed by atoms with Crippen molar-refractivity contribution in [3.05, 3.63) is 41.1 Å². The lowest BCUT2D eigenvalue weighted by molar-refractivity contribution is 0.0980. The summed E-state index contributed by atoms with van der Waals surface area (Å²) < 4.78 is 5.02. The number of benzene rings is 1. The van der Waals surface area contributed by atoms with Crippen LogP contribution in [0.3, 0.4) is 0 Å². The Morgan fingerprint density at radius 3 is 2.78 bits per heavy atom. The van der Waals surface area contributed by atoms with Gasteiger partial charge in [-0.25, -0.2) is 0 Å². The van der Waals surface area contributed by atoms with Gasteiger partial charge in [0.1, 0.15) is 11.4 Å². The van der Waals surface area contributed by atoms with Gasteiger partial charge in [-0.15, -0.1) is 0 Å². The molecule has 0 saturated heterocycles. The number of aromatic nitrogens is 2. The third-order valence-corrected chi connectivity index (χ3v) is 4.05. The van der Waals surface area contributed by atoms with E-state index in [1.807, 2.05) is 18.2 Å². The standard InChI is InChI=1S/C17H20N4O2/c1-10(2)11-5-4-6-12(9-11)21-8-7-13-14(16(21)22)15(18)20-17(19-13)23-3/h4-6,9-10H,7-8H2,1-3H3,(H2,18,19,20). The minimum atomic E-state index is -0.160. The first-order valence-corrected chi connectivity index (χ1v) is 7.63. The number of carbonyl (C=O) groups excluding carboxylic acids is 1. The van der Waals surface area contributed by atoms with Crippen molar-refractivity contribution in [3.8, 4) is 6.01 Å². The van der Waals surface area contributed by atoms with Crippen LogP contribution < -0.4 is 15.4 Å². The number of nitrogen functional groups attached to an aromatic ring is 1. The fourth-order valence-electron chi connectivity index (χ4n) is 2.76. The fraction of sp³-hybridized carbons (Fsp3) is 0.353. The highest BCUT2D eigenvalue weighted by Crippen LogP contribution is 2.29. The number of anilines is 2. The summed E-state index contributed by atoms with van der Waals surface area (Å²) >= 11 is 0. The summed E-state index contributed by atoms with van der Waals surface area (Å²) in [7, 11) is 1.48. The minimum Gasteiger partial charge on any atom is -0.467 e. The molecule has 1 amide bonds. The predicted octanol–water partition coefficient (Wildman–Crippen LogP) is 2.39. The van der Waals surface area contributed by atoms with E-state index in [1.54, 1.807) is 4.90 Å². The summed E-state index contributed by atoms with van der Waals surface area (Å²) in [4.78, 5) is 22.9. The third-order valence-electron chi connectivity index (χ3n) is 4.05. The van der Waals surface area contributed by atoms with Crippen molar-refractivity contribution < 1.29 is 9.53 Å². The Morgan fingerprint density at radius 2 is 2.09 bits per heavy atom. The molecular weight excluding hydrogens is 292 g/mol. The summed E-state index contributed by atoms with van der Waals surface area (Å²) in [5.74, 6) is 0.411. The molecule has 6 heteroatoms. The zero-order chi connectivity index (χ0) is 16.6. The number of nitrogens with two attached hydrogens (primary N) is 1. The first-order valence-electron chi connectivity index (χ1n) is 7.63. The number of amides is 1. The van der Waals surface area contributed by atoms with Crippen LogP contribution in [0.25, 0.3) is 0 Å². The lowest BCUT2D eigenvalue weighted by atomic mass is 10.0. The van der Waals surface area contributed by atoms with Crippen LogP contribution >= 0.6 is 0 Å². The maximum Gasteiger partial charge on any atom is 0.318 e. The first kappa shape index (κ1) is 15.3. The van der Waals surface area contributed by atoms with Crippen LogP contribution in [0.1, 0.15) is 41.4 Å². The number of ether oxygens (including phenoxy) is 1. The molecule has 1 aromatic carbocycles. The SMILES string of the molecule is COc1nc(N)c2c(n1)CCN(c1cccc(C(C)C)c1)C2=O. The number of methoxy groups -OCH3 is 1. The zero-order valence-electron chi connectivity index (χ0n) is 13.5. The molecule has 3 rings (SSSR count). The van der Waals surface area contributed by atoms with Crippen LogP contribution in [0.2, 0.25) is 0 Å². The Labute approximate surface area is 135 Å². The largest absolute Gasteiger partial charge is 0.467 e. The molecule has 0 fully saturated rings. The van der Waals surface area contributed by atoms with Gasteiger partial charge in [-0.1, -0.05) is 26.0 Å². The first-order chi connectivity index (χ1) is 11.0. The van der Waals surface area contributed by atoms with E-state index in [0.717, 1.165) is 5.69 Å². The number of fused-ring (bicyclic) bond motifs is 1. The van der Waals surface area contributed by atoms with E-state index < -0.39 is 0 Å². The Bertz CT molecular complexity index is 758. The highest BCUT2D eigenvalue weighted by molar-refractivity contribution is 6.10. The predicted molar refractivity (Wildman–Crippen MR) is 88.9 cm³/mol. The van der Waals surface area contributed by atoms with Gasteiger partial charge in [0.05, 0.1) is 12.8 Å². The summed E-state index contributed by atoms with van der Waals surface area (Å²) in [5, 5.41) is 0. The molecule has 2 aromatic rings. The molecule has 0 spiro atoms. The van der Waals surface area contributed by atoms with E-state index in [2.05, 4.69) is 29.9 Å². The van der Waals surface area contributed by atoms with Crippen LogP contribution in [0.4, 0.5) is 11.5 Å². The van der Waals surface area contributed by atoms with Crippen LogP contribution in [0, 0.1) is 0 Å². The summed E-state index contributed by atoms with van der Waals surface area (Å²) in [6, 6.07) is 8.23.